The average molecular weight is 210 g/mol. The number of nitrogens with two attached hydrogens (primary N) is 1. The summed E-state index contributed by atoms with van der Waals surface area (Å²) in [4.78, 5) is 10.3. The van der Waals surface area contributed by atoms with Gasteiger partial charge in [0.2, 0.25) is 0 Å². The van der Waals surface area contributed by atoms with Gasteiger partial charge in [-0.3, -0.25) is 10.1 Å². The van der Waals surface area contributed by atoms with Crippen LogP contribution in [0.5, 0.6) is 0 Å². The summed E-state index contributed by atoms with van der Waals surface area (Å²) in [6.07, 6.45) is 0.324. The average Bonchev–Trinajstić information content (AvgIpc) is 2.17. The molecule has 1 atom stereocenters. The van der Waals surface area contributed by atoms with E-state index in [4.69, 9.17) is 10.8 Å². The van der Waals surface area contributed by atoms with E-state index in [1.54, 1.807) is 12.1 Å². The van der Waals surface area contributed by atoms with Gasteiger partial charge < -0.3 is 10.8 Å². The van der Waals surface area contributed by atoms with Gasteiger partial charge in [0.1, 0.15) is 0 Å². The number of aryl methyl sites for hydroxylation is 1. The van der Waals surface area contributed by atoms with Gasteiger partial charge in [0.25, 0.3) is 5.69 Å². The number of nitro benzene ring substituents is 1. The number of aliphatic hydroxyl groups is 1. The minimum atomic E-state index is -0.490. The third-order valence-electron chi connectivity index (χ3n) is 2.22. The molecular formula is C10H14N2O3. The largest absolute Gasteiger partial charge is 0.396 e. The molecule has 0 radical (unpaired) electrons. The van der Waals surface area contributed by atoms with Crippen LogP contribution in [0.4, 0.5) is 5.69 Å². The van der Waals surface area contributed by atoms with Crippen LogP contribution in [-0.2, 0) is 0 Å². The van der Waals surface area contributed by atoms with Crippen molar-refractivity contribution in [2.45, 2.75) is 19.4 Å². The van der Waals surface area contributed by atoms with Gasteiger partial charge in [-0.1, -0.05) is 11.6 Å². The highest BCUT2D eigenvalue weighted by atomic mass is 16.6. The first-order chi connectivity index (χ1) is 7.06. The first-order valence-corrected chi connectivity index (χ1v) is 4.67. The van der Waals surface area contributed by atoms with Crippen molar-refractivity contribution in [1.82, 2.24) is 0 Å². The molecule has 0 bridgehead atoms. The molecule has 0 aromatic heterocycles. The Morgan fingerprint density at radius 3 is 2.80 bits per heavy atom. The van der Waals surface area contributed by atoms with Gasteiger partial charge in [-0.2, -0.15) is 0 Å². The zero-order chi connectivity index (χ0) is 11.4. The van der Waals surface area contributed by atoms with Gasteiger partial charge >= 0.3 is 0 Å². The predicted molar refractivity (Wildman–Crippen MR) is 56.5 cm³/mol. The standard InChI is InChI=1S/C10H14N2O3/c1-7-2-3-10(12(14)15)8(6-7)9(11)4-5-13/h2-3,6,9,13H,4-5,11H2,1H3. The molecule has 5 heteroatoms. The van der Waals surface area contributed by atoms with Crippen molar-refractivity contribution in [3.05, 3.63) is 39.4 Å². The van der Waals surface area contributed by atoms with Crippen molar-refractivity contribution in [3.63, 3.8) is 0 Å². The molecule has 0 saturated carbocycles. The first kappa shape index (κ1) is 11.6. The summed E-state index contributed by atoms with van der Waals surface area (Å²) >= 11 is 0. The molecule has 0 saturated heterocycles. The van der Waals surface area contributed by atoms with Crippen molar-refractivity contribution >= 4 is 5.69 Å². The summed E-state index contributed by atoms with van der Waals surface area (Å²) in [6, 6.07) is 4.32. The number of hydrogen-bond acceptors (Lipinski definition) is 4. The number of hydrogen-bond donors (Lipinski definition) is 2. The van der Waals surface area contributed by atoms with E-state index < -0.39 is 11.0 Å². The topological polar surface area (TPSA) is 89.4 Å². The van der Waals surface area contributed by atoms with Crippen LogP contribution < -0.4 is 5.73 Å². The van der Waals surface area contributed by atoms with Crippen molar-refractivity contribution in [3.8, 4) is 0 Å². The molecule has 1 rings (SSSR count). The normalized spacial score (nSPS) is 12.5. The molecule has 1 aromatic rings. The second kappa shape index (κ2) is 4.86. The quantitative estimate of drug-likeness (QED) is 0.578. The fourth-order valence-electron chi connectivity index (χ4n) is 1.43. The lowest BCUT2D eigenvalue weighted by Gasteiger charge is -2.11. The molecule has 0 aliphatic rings. The second-order valence-electron chi connectivity index (χ2n) is 3.44. The van der Waals surface area contributed by atoms with E-state index in [1.807, 2.05) is 6.92 Å². The molecule has 0 heterocycles. The van der Waals surface area contributed by atoms with E-state index in [1.165, 1.54) is 6.07 Å². The third-order valence-corrected chi connectivity index (χ3v) is 2.22. The molecule has 0 aliphatic heterocycles. The maximum atomic E-state index is 10.7. The van der Waals surface area contributed by atoms with Gasteiger partial charge in [-0.25, -0.2) is 0 Å². The zero-order valence-electron chi connectivity index (χ0n) is 8.51. The van der Waals surface area contributed by atoms with Gasteiger partial charge in [0.15, 0.2) is 0 Å². The lowest BCUT2D eigenvalue weighted by atomic mass is 10.0. The summed E-state index contributed by atoms with van der Waals surface area (Å²) in [6.45, 7) is 1.77. The number of benzene rings is 1. The van der Waals surface area contributed by atoms with Crippen LogP contribution in [0.3, 0.4) is 0 Å². The molecule has 82 valence electrons. The van der Waals surface area contributed by atoms with Crippen LogP contribution >= 0.6 is 0 Å². The van der Waals surface area contributed by atoms with Crippen molar-refractivity contribution < 1.29 is 10.0 Å². The Kier molecular flexibility index (Phi) is 3.76. The Bertz CT molecular complexity index is 366. The Morgan fingerprint density at radius 2 is 2.27 bits per heavy atom. The lowest BCUT2D eigenvalue weighted by Crippen LogP contribution is -2.14. The zero-order valence-corrected chi connectivity index (χ0v) is 8.51. The van der Waals surface area contributed by atoms with E-state index in [-0.39, 0.29) is 12.3 Å². The fraction of sp³-hybridized carbons (Fsp3) is 0.400. The van der Waals surface area contributed by atoms with Crippen molar-refractivity contribution in [2.24, 2.45) is 5.73 Å². The molecular weight excluding hydrogens is 196 g/mol. The number of rotatable bonds is 4. The van der Waals surface area contributed by atoms with Crippen LogP contribution in [0.1, 0.15) is 23.6 Å². The lowest BCUT2D eigenvalue weighted by molar-refractivity contribution is -0.385. The summed E-state index contributed by atoms with van der Waals surface area (Å²) in [5.41, 5.74) is 7.16. The summed E-state index contributed by atoms with van der Waals surface area (Å²) in [5, 5.41) is 19.5. The molecule has 0 aliphatic carbocycles. The predicted octanol–water partition coefficient (Wildman–Crippen LogP) is 1.29. The minimum Gasteiger partial charge on any atom is -0.396 e. The minimum absolute atomic E-state index is 0.0153. The van der Waals surface area contributed by atoms with E-state index in [2.05, 4.69) is 0 Å². The second-order valence-corrected chi connectivity index (χ2v) is 3.44. The van der Waals surface area contributed by atoms with Crippen LogP contribution in [0.2, 0.25) is 0 Å². The molecule has 3 N–H and O–H groups in total. The van der Waals surface area contributed by atoms with E-state index >= 15 is 0 Å². The smallest absolute Gasteiger partial charge is 0.274 e. The van der Waals surface area contributed by atoms with Gasteiger partial charge in [-0.05, 0) is 19.4 Å². The molecule has 1 unspecified atom stereocenters. The Hall–Kier alpha value is -1.46. The highest BCUT2D eigenvalue weighted by Gasteiger charge is 2.18. The highest BCUT2D eigenvalue weighted by Crippen LogP contribution is 2.26. The number of nitrogens with zero attached hydrogens (tertiary/aromatic N) is 1. The maximum absolute atomic E-state index is 10.7. The Labute approximate surface area is 87.7 Å². The van der Waals surface area contributed by atoms with Gasteiger partial charge in [0, 0.05) is 24.3 Å². The Balaban J connectivity index is 3.12. The number of aliphatic hydroxyl groups excluding tert-OH is 1. The summed E-state index contributed by atoms with van der Waals surface area (Å²) < 4.78 is 0. The first-order valence-electron chi connectivity index (χ1n) is 4.67. The molecule has 1 aromatic carbocycles. The fourth-order valence-corrected chi connectivity index (χ4v) is 1.43. The monoisotopic (exact) mass is 210 g/mol. The third kappa shape index (κ3) is 2.74. The maximum Gasteiger partial charge on any atom is 0.274 e. The molecule has 0 amide bonds. The molecule has 0 spiro atoms. The molecule has 0 fully saturated rings. The van der Waals surface area contributed by atoms with Crippen LogP contribution in [0.25, 0.3) is 0 Å². The van der Waals surface area contributed by atoms with Crippen LogP contribution in [0.15, 0.2) is 18.2 Å². The van der Waals surface area contributed by atoms with E-state index in [0.717, 1.165) is 5.56 Å². The SMILES string of the molecule is Cc1ccc([N+](=O)[O-])c(C(N)CCO)c1. The van der Waals surface area contributed by atoms with E-state index in [9.17, 15) is 10.1 Å². The van der Waals surface area contributed by atoms with Gasteiger partial charge in [0.05, 0.1) is 4.92 Å². The molecule has 5 nitrogen and oxygen atoms in total. The molecule has 15 heavy (non-hydrogen) atoms. The summed E-state index contributed by atoms with van der Waals surface area (Å²) in [7, 11) is 0. The van der Waals surface area contributed by atoms with Crippen molar-refractivity contribution in [2.75, 3.05) is 6.61 Å². The van der Waals surface area contributed by atoms with Crippen LogP contribution in [-0.4, -0.2) is 16.6 Å². The van der Waals surface area contributed by atoms with Gasteiger partial charge in [-0.15, -0.1) is 0 Å². The number of nitro groups is 1. The Morgan fingerprint density at radius 1 is 1.60 bits per heavy atom. The highest BCUT2D eigenvalue weighted by molar-refractivity contribution is 5.44. The van der Waals surface area contributed by atoms with Crippen molar-refractivity contribution in [1.29, 1.82) is 0 Å². The van der Waals surface area contributed by atoms with Crippen LogP contribution in [0, 0.1) is 17.0 Å². The van der Waals surface area contributed by atoms with E-state index in [0.29, 0.717) is 12.0 Å². The summed E-state index contributed by atoms with van der Waals surface area (Å²) in [5.74, 6) is 0.